The number of nitrogens with zero attached hydrogens (tertiary/aromatic N) is 1. The lowest BCUT2D eigenvalue weighted by molar-refractivity contribution is -0.138. The van der Waals surface area contributed by atoms with Gasteiger partial charge in [-0.1, -0.05) is 19.9 Å². The number of amides is 1. The van der Waals surface area contributed by atoms with Gasteiger partial charge in [0.2, 0.25) is 5.91 Å². The molecular formula is C29H38N2O4. The Labute approximate surface area is 208 Å². The number of methoxy groups -OCH3 is 2. The molecule has 0 saturated carbocycles. The van der Waals surface area contributed by atoms with Crippen molar-refractivity contribution in [2.75, 3.05) is 33.9 Å². The van der Waals surface area contributed by atoms with Crippen molar-refractivity contribution in [1.82, 2.24) is 9.88 Å². The fourth-order valence-electron chi connectivity index (χ4n) is 5.09. The third kappa shape index (κ3) is 5.32. The van der Waals surface area contributed by atoms with Gasteiger partial charge in [0.1, 0.15) is 6.61 Å². The molecule has 35 heavy (non-hydrogen) atoms. The number of hydrogen-bond donors (Lipinski definition) is 1. The lowest BCUT2D eigenvalue weighted by Gasteiger charge is -2.32. The Kier molecular flexibility index (Phi) is 7.70. The molecule has 1 N–H and O–H groups in total. The first-order valence-corrected chi connectivity index (χ1v) is 12.6. The second-order valence-corrected chi connectivity index (χ2v) is 9.96. The monoisotopic (exact) mass is 478 g/mol. The van der Waals surface area contributed by atoms with E-state index < -0.39 is 0 Å². The molecule has 2 aromatic carbocycles. The summed E-state index contributed by atoms with van der Waals surface area (Å²) in [5.74, 6) is 2.34. The normalized spacial score (nSPS) is 14.8. The smallest absolute Gasteiger partial charge is 0.248 e. The molecule has 0 unspecified atom stereocenters. The lowest BCUT2D eigenvalue weighted by atomic mass is 9.87. The molecule has 0 radical (unpaired) electrons. The molecule has 0 spiro atoms. The lowest BCUT2D eigenvalue weighted by Crippen LogP contribution is -2.40. The highest BCUT2D eigenvalue weighted by atomic mass is 16.5. The van der Waals surface area contributed by atoms with E-state index in [4.69, 9.17) is 14.2 Å². The number of aromatic nitrogens is 1. The zero-order valence-electron chi connectivity index (χ0n) is 21.8. The fraction of sp³-hybridized carbons (Fsp3) is 0.483. The van der Waals surface area contributed by atoms with Crippen molar-refractivity contribution in [2.24, 2.45) is 0 Å². The number of carbonyl (C=O) groups is 1. The Morgan fingerprint density at radius 2 is 1.71 bits per heavy atom. The minimum Gasteiger partial charge on any atom is -0.493 e. The first-order valence-electron chi connectivity index (χ1n) is 12.6. The van der Waals surface area contributed by atoms with Crippen LogP contribution in [-0.2, 0) is 9.53 Å². The molecule has 1 amide bonds. The molecule has 1 aromatic heterocycles. The molecule has 1 aliphatic heterocycles. The van der Waals surface area contributed by atoms with E-state index in [-0.39, 0.29) is 18.6 Å². The summed E-state index contributed by atoms with van der Waals surface area (Å²) in [6.07, 6.45) is 2.02. The quantitative estimate of drug-likeness (QED) is 0.424. The van der Waals surface area contributed by atoms with Crippen LogP contribution in [0.2, 0.25) is 0 Å². The van der Waals surface area contributed by atoms with Crippen LogP contribution in [0.5, 0.6) is 11.5 Å². The molecule has 0 atom stereocenters. The van der Waals surface area contributed by atoms with Crippen molar-refractivity contribution < 1.29 is 19.0 Å². The van der Waals surface area contributed by atoms with Crippen LogP contribution >= 0.6 is 0 Å². The van der Waals surface area contributed by atoms with E-state index in [1.807, 2.05) is 30.9 Å². The summed E-state index contributed by atoms with van der Waals surface area (Å²) in [7, 11) is 3.32. The van der Waals surface area contributed by atoms with Gasteiger partial charge in [-0.3, -0.25) is 4.79 Å². The number of nitrogens with one attached hydrogen (secondary N) is 1. The zero-order valence-corrected chi connectivity index (χ0v) is 21.8. The Bertz CT molecular complexity index is 1170. The third-order valence-electron chi connectivity index (χ3n) is 6.97. The number of rotatable bonds is 8. The summed E-state index contributed by atoms with van der Waals surface area (Å²) < 4.78 is 16.5. The molecule has 1 aliphatic rings. The van der Waals surface area contributed by atoms with E-state index in [0.717, 1.165) is 54.2 Å². The van der Waals surface area contributed by atoms with Crippen LogP contribution in [0.1, 0.15) is 63.5 Å². The van der Waals surface area contributed by atoms with Crippen LogP contribution in [0.3, 0.4) is 0 Å². The van der Waals surface area contributed by atoms with Gasteiger partial charge in [-0.25, -0.2) is 0 Å². The zero-order chi connectivity index (χ0) is 25.1. The number of fused-ring (bicyclic) bond motifs is 1. The van der Waals surface area contributed by atoms with E-state index in [1.165, 1.54) is 16.5 Å². The van der Waals surface area contributed by atoms with Crippen LogP contribution in [-0.4, -0.2) is 55.8 Å². The van der Waals surface area contributed by atoms with Crippen molar-refractivity contribution in [3.63, 3.8) is 0 Å². The Balaban J connectivity index is 1.59. The van der Waals surface area contributed by atoms with Crippen molar-refractivity contribution >= 4 is 16.8 Å². The molecule has 3 aromatic rings. The SMILES string of the molecule is COc1ccc(-c2[nH]c3ccc(C4CCN(C(=O)COC(C)C)CC4)cc3c2C(C)C)cc1OC. The number of hydrogen-bond acceptors (Lipinski definition) is 4. The molecule has 4 rings (SSSR count). The molecule has 1 saturated heterocycles. The van der Waals surface area contributed by atoms with Gasteiger partial charge >= 0.3 is 0 Å². The summed E-state index contributed by atoms with van der Waals surface area (Å²) in [4.78, 5) is 18.1. The highest BCUT2D eigenvalue weighted by molar-refractivity contribution is 5.92. The second-order valence-electron chi connectivity index (χ2n) is 9.96. The van der Waals surface area contributed by atoms with Gasteiger partial charge in [-0.2, -0.15) is 0 Å². The maximum Gasteiger partial charge on any atom is 0.248 e. The number of aromatic amines is 1. The predicted octanol–water partition coefficient (Wildman–Crippen LogP) is 6.11. The largest absolute Gasteiger partial charge is 0.493 e. The maximum absolute atomic E-state index is 12.4. The number of ether oxygens (including phenoxy) is 3. The maximum atomic E-state index is 12.4. The molecular weight excluding hydrogens is 440 g/mol. The van der Waals surface area contributed by atoms with Crippen LogP contribution in [0, 0.1) is 0 Å². The number of H-pyrrole nitrogens is 1. The average molecular weight is 479 g/mol. The molecule has 6 heteroatoms. The van der Waals surface area contributed by atoms with Gasteiger partial charge in [0.25, 0.3) is 0 Å². The molecule has 0 aliphatic carbocycles. The van der Waals surface area contributed by atoms with E-state index in [1.54, 1.807) is 14.2 Å². The van der Waals surface area contributed by atoms with Crippen molar-refractivity contribution in [1.29, 1.82) is 0 Å². The average Bonchev–Trinajstić information content (AvgIpc) is 3.26. The number of piperidine rings is 1. The summed E-state index contributed by atoms with van der Waals surface area (Å²) >= 11 is 0. The van der Waals surface area contributed by atoms with Crippen LogP contribution < -0.4 is 9.47 Å². The summed E-state index contributed by atoms with van der Waals surface area (Å²) in [5, 5.41) is 1.27. The van der Waals surface area contributed by atoms with Gasteiger partial charge in [0, 0.05) is 29.6 Å². The van der Waals surface area contributed by atoms with Gasteiger partial charge in [0.05, 0.1) is 26.0 Å². The minimum absolute atomic E-state index is 0.0728. The van der Waals surface area contributed by atoms with Gasteiger partial charge in [0.15, 0.2) is 11.5 Å². The van der Waals surface area contributed by atoms with Crippen LogP contribution in [0.25, 0.3) is 22.2 Å². The van der Waals surface area contributed by atoms with E-state index in [9.17, 15) is 4.79 Å². The van der Waals surface area contributed by atoms with E-state index in [0.29, 0.717) is 11.8 Å². The summed E-state index contributed by atoms with van der Waals surface area (Å²) in [6, 6.07) is 12.9. The Hall–Kier alpha value is -2.99. The molecule has 1 fully saturated rings. The Morgan fingerprint density at radius 3 is 2.34 bits per heavy atom. The number of carbonyl (C=O) groups excluding carboxylic acids is 1. The van der Waals surface area contributed by atoms with Crippen LogP contribution in [0.15, 0.2) is 36.4 Å². The highest BCUT2D eigenvalue weighted by Crippen LogP contribution is 2.40. The van der Waals surface area contributed by atoms with Gasteiger partial charge in [-0.05, 0) is 80.0 Å². The molecule has 6 nitrogen and oxygen atoms in total. The minimum atomic E-state index is 0.0728. The van der Waals surface area contributed by atoms with Crippen molar-refractivity contribution in [3.8, 4) is 22.8 Å². The molecule has 2 heterocycles. The second kappa shape index (κ2) is 10.7. The third-order valence-corrected chi connectivity index (χ3v) is 6.97. The van der Waals surface area contributed by atoms with Crippen molar-refractivity contribution in [3.05, 3.63) is 47.5 Å². The van der Waals surface area contributed by atoms with E-state index >= 15 is 0 Å². The number of likely N-dealkylation sites (tertiary alicyclic amines) is 1. The summed E-state index contributed by atoms with van der Waals surface area (Å²) in [6.45, 7) is 10.1. The van der Waals surface area contributed by atoms with Crippen LogP contribution in [0.4, 0.5) is 0 Å². The van der Waals surface area contributed by atoms with Crippen molar-refractivity contribution in [2.45, 2.75) is 58.5 Å². The first-order chi connectivity index (χ1) is 16.8. The molecule has 188 valence electrons. The van der Waals surface area contributed by atoms with Gasteiger partial charge < -0.3 is 24.1 Å². The molecule has 0 bridgehead atoms. The first kappa shape index (κ1) is 25.1. The fourth-order valence-corrected chi connectivity index (χ4v) is 5.09. The topological polar surface area (TPSA) is 63.8 Å². The van der Waals surface area contributed by atoms with Gasteiger partial charge in [-0.15, -0.1) is 0 Å². The standard InChI is InChI=1S/C29H38N2O4/c1-18(2)28-23-15-21(20-11-13-31(14-12-20)27(32)17-35-19(3)4)7-9-24(23)30-29(28)22-8-10-25(33-5)26(16-22)34-6/h7-10,15-16,18-20,30H,11-14,17H2,1-6H3. The highest BCUT2D eigenvalue weighted by Gasteiger charge is 2.25. The summed E-state index contributed by atoms with van der Waals surface area (Å²) in [5.41, 5.74) is 6.01. The number of benzene rings is 2. The van der Waals surface area contributed by atoms with E-state index in [2.05, 4.69) is 43.1 Å². The predicted molar refractivity (Wildman–Crippen MR) is 141 cm³/mol. The Morgan fingerprint density at radius 1 is 1.00 bits per heavy atom.